The molecule has 0 unspecified atom stereocenters. The maximum atomic E-state index is 13.2. The number of amides is 1. The minimum Gasteiger partial charge on any atom is -0.481 e. The quantitative estimate of drug-likeness (QED) is 0.491. The molecule has 1 aliphatic heterocycles. The average Bonchev–Trinajstić information content (AvgIpc) is 2.82. The highest BCUT2D eigenvalue weighted by atomic mass is 16.4. The van der Waals surface area contributed by atoms with Crippen molar-refractivity contribution < 1.29 is 19.5 Å². The minimum absolute atomic E-state index is 0.0246. The van der Waals surface area contributed by atoms with Crippen molar-refractivity contribution in [3.05, 3.63) is 59.3 Å². The molecular formula is C26H34N4O4. The Kier molecular flexibility index (Phi) is 8.76. The number of aliphatic carboxylic acids is 1. The van der Waals surface area contributed by atoms with Crippen LogP contribution in [0.3, 0.4) is 0 Å². The summed E-state index contributed by atoms with van der Waals surface area (Å²) in [5.41, 5.74) is 8.62. The Balaban J connectivity index is 1.62. The molecule has 2 aromatic rings. The predicted octanol–water partition coefficient (Wildman–Crippen LogP) is 2.70. The number of hydrogen-bond acceptors (Lipinski definition) is 6. The maximum Gasteiger partial charge on any atom is 0.304 e. The van der Waals surface area contributed by atoms with E-state index in [1.54, 1.807) is 13.0 Å². The summed E-state index contributed by atoms with van der Waals surface area (Å²) in [7, 11) is 0. The fourth-order valence-electron chi connectivity index (χ4n) is 4.56. The zero-order valence-corrected chi connectivity index (χ0v) is 19.9. The van der Waals surface area contributed by atoms with E-state index in [1.165, 1.54) is 5.56 Å². The Morgan fingerprint density at radius 1 is 1.18 bits per heavy atom. The number of piperidine rings is 1. The molecular weight excluding hydrogens is 432 g/mol. The van der Waals surface area contributed by atoms with Crippen LogP contribution in [0.2, 0.25) is 0 Å². The first kappa shape index (κ1) is 25.4. The highest BCUT2D eigenvalue weighted by Gasteiger charge is 2.35. The van der Waals surface area contributed by atoms with Crippen LogP contribution < -0.4 is 11.1 Å². The van der Waals surface area contributed by atoms with E-state index in [-0.39, 0.29) is 30.4 Å². The number of carboxylic acids is 1. The summed E-state index contributed by atoms with van der Waals surface area (Å²) in [5, 5.41) is 12.0. The zero-order chi connectivity index (χ0) is 24.7. The number of aromatic nitrogens is 1. The highest BCUT2D eigenvalue weighted by molar-refractivity contribution is 5.90. The van der Waals surface area contributed by atoms with E-state index < -0.39 is 18.1 Å². The van der Waals surface area contributed by atoms with E-state index in [1.807, 2.05) is 36.1 Å². The second-order valence-corrected chi connectivity index (χ2v) is 9.00. The topological polar surface area (TPSA) is 126 Å². The summed E-state index contributed by atoms with van der Waals surface area (Å²) < 4.78 is 0. The molecule has 1 saturated heterocycles. The van der Waals surface area contributed by atoms with Crippen molar-refractivity contribution in [3.63, 3.8) is 0 Å². The van der Waals surface area contributed by atoms with Crippen LogP contribution in [0.15, 0.2) is 42.5 Å². The fraction of sp³-hybridized carbons (Fsp3) is 0.462. The van der Waals surface area contributed by atoms with Gasteiger partial charge in [0.1, 0.15) is 5.82 Å². The molecule has 8 heteroatoms. The summed E-state index contributed by atoms with van der Waals surface area (Å²) in [6.45, 7) is 4.50. The van der Waals surface area contributed by atoms with Gasteiger partial charge in [-0.1, -0.05) is 36.4 Å². The molecule has 1 aliphatic rings. The van der Waals surface area contributed by atoms with Crippen LogP contribution in [0, 0.1) is 6.92 Å². The number of pyridine rings is 1. The summed E-state index contributed by atoms with van der Waals surface area (Å²) >= 11 is 0. The standard InChI is InChI=1S/C26H34N4O4/c1-17-19(9-11-24(27)28-17)8-10-23(31)18(2)29-26(34)22-16-21(20-6-4-3-5-7-20)12-14-30(22)15-13-25(32)33/h3-7,9,11,18,21-22H,8,10,12-16H2,1-2H3,(H2,27,28)(H,29,34)(H,32,33)/t18-,21-,22+/m0/s1. The van der Waals surface area contributed by atoms with Crippen molar-refractivity contribution in [2.75, 3.05) is 18.8 Å². The molecule has 1 fully saturated rings. The van der Waals surface area contributed by atoms with E-state index in [4.69, 9.17) is 10.8 Å². The lowest BCUT2D eigenvalue weighted by Gasteiger charge is -2.39. The Labute approximate surface area is 200 Å². The van der Waals surface area contributed by atoms with Crippen molar-refractivity contribution >= 4 is 23.5 Å². The van der Waals surface area contributed by atoms with Gasteiger partial charge < -0.3 is 16.2 Å². The Morgan fingerprint density at radius 3 is 2.59 bits per heavy atom. The molecule has 1 amide bonds. The van der Waals surface area contributed by atoms with Crippen molar-refractivity contribution in [2.45, 2.75) is 64.0 Å². The molecule has 1 aromatic carbocycles. The number of carbonyl (C=O) groups excluding carboxylic acids is 2. The van der Waals surface area contributed by atoms with E-state index in [2.05, 4.69) is 22.4 Å². The van der Waals surface area contributed by atoms with E-state index in [9.17, 15) is 14.4 Å². The number of nitrogen functional groups attached to an aromatic ring is 1. The monoisotopic (exact) mass is 466 g/mol. The fourth-order valence-corrected chi connectivity index (χ4v) is 4.56. The Bertz CT molecular complexity index is 1010. The summed E-state index contributed by atoms with van der Waals surface area (Å²) in [6.07, 6.45) is 2.24. The lowest BCUT2D eigenvalue weighted by atomic mass is 9.84. The second-order valence-electron chi connectivity index (χ2n) is 9.00. The van der Waals surface area contributed by atoms with Crippen LogP contribution in [-0.2, 0) is 20.8 Å². The number of carbonyl (C=O) groups is 3. The van der Waals surface area contributed by atoms with Gasteiger partial charge >= 0.3 is 5.97 Å². The van der Waals surface area contributed by atoms with Gasteiger partial charge in [-0.15, -0.1) is 0 Å². The third kappa shape index (κ3) is 6.87. The van der Waals surface area contributed by atoms with Crippen LogP contribution in [0.1, 0.15) is 55.3 Å². The molecule has 2 heterocycles. The number of rotatable bonds is 10. The summed E-state index contributed by atoms with van der Waals surface area (Å²) in [6, 6.07) is 12.5. The first-order chi connectivity index (χ1) is 16.2. The van der Waals surface area contributed by atoms with Gasteiger partial charge in [0, 0.05) is 18.7 Å². The number of nitrogens with two attached hydrogens (primary N) is 1. The number of Topliss-reactive ketones (excluding diaryl/α,β-unsaturated/α-hetero) is 1. The van der Waals surface area contributed by atoms with Gasteiger partial charge in [-0.25, -0.2) is 4.98 Å². The van der Waals surface area contributed by atoms with Crippen LogP contribution in [0.25, 0.3) is 0 Å². The lowest BCUT2D eigenvalue weighted by Crippen LogP contribution is -2.54. The molecule has 0 radical (unpaired) electrons. The first-order valence-corrected chi connectivity index (χ1v) is 11.8. The molecule has 182 valence electrons. The number of benzene rings is 1. The van der Waals surface area contributed by atoms with E-state index in [0.717, 1.165) is 17.7 Å². The number of aryl methyl sites for hydroxylation is 2. The SMILES string of the molecule is Cc1nc(N)ccc1CCC(=O)[C@H](C)NC(=O)[C@H]1C[C@@H](c2ccccc2)CCN1CCC(=O)O. The summed E-state index contributed by atoms with van der Waals surface area (Å²) in [5.74, 6) is -0.512. The number of anilines is 1. The van der Waals surface area contributed by atoms with Crippen molar-refractivity contribution in [1.82, 2.24) is 15.2 Å². The van der Waals surface area contributed by atoms with Gasteiger partial charge in [0.15, 0.2) is 5.78 Å². The van der Waals surface area contributed by atoms with Crippen molar-refractivity contribution in [2.24, 2.45) is 0 Å². The number of hydrogen-bond donors (Lipinski definition) is 3. The van der Waals surface area contributed by atoms with Crippen molar-refractivity contribution in [3.8, 4) is 0 Å². The van der Waals surface area contributed by atoms with E-state index >= 15 is 0 Å². The number of likely N-dealkylation sites (tertiary alicyclic amines) is 1. The van der Waals surface area contributed by atoms with Crippen molar-refractivity contribution in [1.29, 1.82) is 0 Å². The third-order valence-electron chi connectivity index (χ3n) is 6.60. The van der Waals surface area contributed by atoms with Gasteiger partial charge in [-0.05, 0) is 62.8 Å². The van der Waals surface area contributed by atoms with Gasteiger partial charge in [-0.2, -0.15) is 0 Å². The maximum absolute atomic E-state index is 13.2. The number of ketones is 1. The zero-order valence-electron chi connectivity index (χ0n) is 19.9. The van der Waals surface area contributed by atoms with Crippen LogP contribution in [-0.4, -0.2) is 57.8 Å². The normalized spacial score (nSPS) is 19.4. The smallest absolute Gasteiger partial charge is 0.304 e. The lowest BCUT2D eigenvalue weighted by molar-refractivity contribution is -0.139. The number of carboxylic acid groups (broad SMARTS) is 1. The van der Waals surface area contributed by atoms with E-state index in [0.29, 0.717) is 31.7 Å². The van der Waals surface area contributed by atoms with Gasteiger partial charge in [-0.3, -0.25) is 19.3 Å². The second kappa shape index (κ2) is 11.7. The number of nitrogens with zero attached hydrogens (tertiary/aromatic N) is 2. The molecule has 3 rings (SSSR count). The molecule has 0 bridgehead atoms. The highest BCUT2D eigenvalue weighted by Crippen LogP contribution is 2.32. The van der Waals surface area contributed by atoms with Gasteiger partial charge in [0.05, 0.1) is 18.5 Å². The predicted molar refractivity (Wildman–Crippen MR) is 130 cm³/mol. The average molecular weight is 467 g/mol. The Hall–Kier alpha value is -3.26. The Morgan fingerprint density at radius 2 is 1.91 bits per heavy atom. The molecule has 0 aliphatic carbocycles. The molecule has 8 nitrogen and oxygen atoms in total. The van der Waals surface area contributed by atoms with Gasteiger partial charge in [0.2, 0.25) is 5.91 Å². The largest absolute Gasteiger partial charge is 0.481 e. The molecule has 1 aromatic heterocycles. The van der Waals surface area contributed by atoms with Crippen LogP contribution >= 0.6 is 0 Å². The number of nitrogens with one attached hydrogen (secondary N) is 1. The van der Waals surface area contributed by atoms with Gasteiger partial charge in [0.25, 0.3) is 0 Å². The summed E-state index contributed by atoms with van der Waals surface area (Å²) in [4.78, 5) is 43.3. The molecule has 0 spiro atoms. The van der Waals surface area contributed by atoms with Crippen LogP contribution in [0.4, 0.5) is 5.82 Å². The molecule has 4 N–H and O–H groups in total. The molecule has 3 atom stereocenters. The molecule has 0 saturated carbocycles. The first-order valence-electron chi connectivity index (χ1n) is 11.8. The molecule has 34 heavy (non-hydrogen) atoms. The van der Waals surface area contributed by atoms with Crippen LogP contribution in [0.5, 0.6) is 0 Å². The third-order valence-corrected chi connectivity index (χ3v) is 6.60. The minimum atomic E-state index is -0.889.